The van der Waals surface area contributed by atoms with Gasteiger partial charge in [-0.15, -0.1) is 0 Å². The third-order valence-corrected chi connectivity index (χ3v) is 5.23. The second kappa shape index (κ2) is 4.60. The van der Waals surface area contributed by atoms with Crippen LogP contribution in [0.2, 0.25) is 0 Å². The van der Waals surface area contributed by atoms with Gasteiger partial charge in [0.1, 0.15) is 0 Å². The minimum absolute atomic E-state index is 0.117. The zero-order chi connectivity index (χ0) is 13.4. The molecule has 0 bridgehead atoms. The molecule has 2 heterocycles. The Balaban J connectivity index is 2.10. The van der Waals surface area contributed by atoms with Crippen molar-refractivity contribution in [3.8, 4) is 0 Å². The van der Waals surface area contributed by atoms with Gasteiger partial charge >= 0.3 is 0 Å². The van der Waals surface area contributed by atoms with Crippen molar-refractivity contribution in [2.45, 2.75) is 32.2 Å². The maximum Gasteiger partial charge on any atom is 0.223 e. The number of nitrogens with two attached hydrogens (primary N) is 1. The van der Waals surface area contributed by atoms with Gasteiger partial charge in [0.25, 0.3) is 0 Å². The fourth-order valence-electron chi connectivity index (χ4n) is 2.07. The Morgan fingerprint density at radius 1 is 1.44 bits per heavy atom. The van der Waals surface area contributed by atoms with E-state index in [0.717, 1.165) is 0 Å². The molecular formula is C10H18N4O3S. The fourth-order valence-corrected chi connectivity index (χ4v) is 3.18. The molecule has 2 N–H and O–H groups in total. The van der Waals surface area contributed by atoms with E-state index in [1.165, 1.54) is 4.31 Å². The molecule has 1 saturated heterocycles. The molecule has 0 spiro atoms. The Labute approximate surface area is 106 Å². The van der Waals surface area contributed by atoms with Crippen molar-refractivity contribution in [1.29, 1.82) is 0 Å². The van der Waals surface area contributed by atoms with Gasteiger partial charge in [0.05, 0.1) is 11.3 Å². The zero-order valence-corrected chi connectivity index (χ0v) is 11.4. The summed E-state index contributed by atoms with van der Waals surface area (Å²) in [4.78, 5) is 4.14. The lowest BCUT2D eigenvalue weighted by atomic mass is 9.89. The number of aryl methyl sites for hydroxylation is 1. The lowest BCUT2D eigenvalue weighted by molar-refractivity contribution is 0.223. The zero-order valence-electron chi connectivity index (χ0n) is 10.6. The molecule has 0 saturated carbocycles. The standard InChI is InChI=1S/C10H18N4O3S/c1-3-18(15,16)14-6-4-10(11,5-7-14)9-12-8(2)17-13-9/h3-7,11H2,1-2H3. The number of nitrogens with zero attached hydrogens (tertiary/aromatic N) is 3. The van der Waals surface area contributed by atoms with Gasteiger partial charge in [-0.2, -0.15) is 4.98 Å². The van der Waals surface area contributed by atoms with Crippen LogP contribution in [0.4, 0.5) is 0 Å². The Hall–Kier alpha value is -0.990. The third-order valence-electron chi connectivity index (χ3n) is 3.35. The van der Waals surface area contributed by atoms with Crippen LogP contribution in [0.3, 0.4) is 0 Å². The summed E-state index contributed by atoms with van der Waals surface area (Å²) < 4.78 is 29.9. The number of hydrogen-bond donors (Lipinski definition) is 1. The number of hydrogen-bond acceptors (Lipinski definition) is 6. The lowest BCUT2D eigenvalue weighted by Gasteiger charge is -2.36. The molecule has 1 aromatic rings. The van der Waals surface area contributed by atoms with Gasteiger partial charge in [-0.3, -0.25) is 0 Å². The molecule has 1 fully saturated rings. The molecule has 8 heteroatoms. The molecule has 7 nitrogen and oxygen atoms in total. The summed E-state index contributed by atoms with van der Waals surface area (Å²) in [5, 5.41) is 3.84. The predicted molar refractivity (Wildman–Crippen MR) is 65.2 cm³/mol. The molecule has 0 amide bonds. The quantitative estimate of drug-likeness (QED) is 0.831. The molecular weight excluding hydrogens is 256 g/mol. The van der Waals surface area contributed by atoms with Crippen LogP contribution < -0.4 is 5.73 Å². The van der Waals surface area contributed by atoms with E-state index in [1.807, 2.05) is 0 Å². The highest BCUT2D eigenvalue weighted by Gasteiger charge is 2.39. The maximum atomic E-state index is 11.7. The Bertz CT molecular complexity index is 517. The number of rotatable bonds is 3. The van der Waals surface area contributed by atoms with Crippen molar-refractivity contribution in [2.24, 2.45) is 5.73 Å². The maximum absolute atomic E-state index is 11.7. The highest BCUT2D eigenvalue weighted by Crippen LogP contribution is 2.29. The van der Waals surface area contributed by atoms with Crippen molar-refractivity contribution >= 4 is 10.0 Å². The summed E-state index contributed by atoms with van der Waals surface area (Å²) in [6.07, 6.45) is 1.01. The second-order valence-electron chi connectivity index (χ2n) is 4.59. The largest absolute Gasteiger partial charge is 0.340 e. The highest BCUT2D eigenvalue weighted by molar-refractivity contribution is 7.89. The van der Waals surface area contributed by atoms with Gasteiger partial charge in [0, 0.05) is 20.0 Å². The molecule has 18 heavy (non-hydrogen) atoms. The van der Waals surface area contributed by atoms with Crippen molar-refractivity contribution in [1.82, 2.24) is 14.4 Å². The Morgan fingerprint density at radius 3 is 2.50 bits per heavy atom. The van der Waals surface area contributed by atoms with E-state index in [9.17, 15) is 8.42 Å². The first kappa shape index (κ1) is 13.4. The first-order valence-corrected chi connectivity index (χ1v) is 7.56. The Morgan fingerprint density at radius 2 is 2.06 bits per heavy atom. The average Bonchev–Trinajstić information content (AvgIpc) is 2.77. The van der Waals surface area contributed by atoms with Gasteiger partial charge in [-0.05, 0) is 19.8 Å². The number of piperidine rings is 1. The molecule has 0 aliphatic carbocycles. The summed E-state index contributed by atoms with van der Waals surface area (Å²) >= 11 is 0. The average molecular weight is 274 g/mol. The summed E-state index contributed by atoms with van der Waals surface area (Å²) in [5.74, 6) is 1.05. The molecule has 0 radical (unpaired) electrons. The van der Waals surface area contributed by atoms with Gasteiger partial charge in [-0.25, -0.2) is 12.7 Å². The molecule has 2 rings (SSSR count). The number of sulfonamides is 1. The van der Waals surface area contributed by atoms with E-state index in [-0.39, 0.29) is 5.75 Å². The first-order chi connectivity index (χ1) is 8.37. The van der Waals surface area contributed by atoms with E-state index in [4.69, 9.17) is 10.3 Å². The van der Waals surface area contributed by atoms with Crippen molar-refractivity contribution in [3.05, 3.63) is 11.7 Å². The van der Waals surface area contributed by atoms with Crippen LogP contribution in [-0.4, -0.2) is 41.7 Å². The molecule has 1 aliphatic heterocycles. The van der Waals surface area contributed by atoms with Crippen LogP contribution in [0.25, 0.3) is 0 Å². The first-order valence-electron chi connectivity index (χ1n) is 5.95. The van der Waals surface area contributed by atoms with Crippen LogP contribution in [-0.2, 0) is 15.6 Å². The monoisotopic (exact) mass is 274 g/mol. The van der Waals surface area contributed by atoms with Gasteiger partial charge in [-0.1, -0.05) is 5.16 Å². The molecule has 0 aromatic carbocycles. The van der Waals surface area contributed by atoms with Gasteiger partial charge in [0.15, 0.2) is 5.82 Å². The Kier molecular flexibility index (Phi) is 3.43. The molecule has 1 aromatic heterocycles. The normalized spacial score (nSPS) is 21.1. The molecule has 0 atom stereocenters. The van der Waals surface area contributed by atoms with Crippen LogP contribution >= 0.6 is 0 Å². The molecule has 102 valence electrons. The van der Waals surface area contributed by atoms with E-state index < -0.39 is 15.6 Å². The number of aromatic nitrogens is 2. The van der Waals surface area contributed by atoms with E-state index in [0.29, 0.717) is 37.6 Å². The highest BCUT2D eigenvalue weighted by atomic mass is 32.2. The van der Waals surface area contributed by atoms with E-state index >= 15 is 0 Å². The summed E-state index contributed by atoms with van der Waals surface area (Å²) in [6, 6.07) is 0. The molecule has 1 aliphatic rings. The smallest absolute Gasteiger partial charge is 0.223 e. The second-order valence-corrected chi connectivity index (χ2v) is 6.85. The van der Waals surface area contributed by atoms with Crippen LogP contribution in [0.15, 0.2) is 4.52 Å². The van der Waals surface area contributed by atoms with E-state index in [1.54, 1.807) is 13.8 Å². The topological polar surface area (TPSA) is 102 Å². The fraction of sp³-hybridized carbons (Fsp3) is 0.800. The van der Waals surface area contributed by atoms with Crippen molar-refractivity contribution in [3.63, 3.8) is 0 Å². The van der Waals surface area contributed by atoms with Crippen LogP contribution in [0.1, 0.15) is 31.5 Å². The minimum atomic E-state index is -3.13. The lowest BCUT2D eigenvalue weighted by Crippen LogP contribution is -2.50. The van der Waals surface area contributed by atoms with Gasteiger partial charge < -0.3 is 10.3 Å². The van der Waals surface area contributed by atoms with Crippen molar-refractivity contribution < 1.29 is 12.9 Å². The predicted octanol–water partition coefficient (Wildman–Crippen LogP) is -0.0225. The summed E-state index contributed by atoms with van der Waals surface area (Å²) in [5.41, 5.74) is 5.55. The molecule has 0 unspecified atom stereocenters. The SMILES string of the molecule is CCS(=O)(=O)N1CCC(N)(c2noc(C)n2)CC1. The summed E-state index contributed by atoms with van der Waals surface area (Å²) in [7, 11) is -3.13. The van der Waals surface area contributed by atoms with Crippen molar-refractivity contribution in [2.75, 3.05) is 18.8 Å². The van der Waals surface area contributed by atoms with Gasteiger partial charge in [0.2, 0.25) is 15.9 Å². The summed E-state index contributed by atoms with van der Waals surface area (Å²) in [6.45, 7) is 4.15. The third kappa shape index (κ3) is 2.40. The van der Waals surface area contributed by atoms with Crippen LogP contribution in [0.5, 0.6) is 0 Å². The minimum Gasteiger partial charge on any atom is -0.340 e. The van der Waals surface area contributed by atoms with E-state index in [2.05, 4.69) is 10.1 Å². The van der Waals surface area contributed by atoms with Crippen LogP contribution in [0, 0.1) is 6.92 Å².